The first kappa shape index (κ1) is 47.1. The van der Waals surface area contributed by atoms with Gasteiger partial charge in [0.2, 0.25) is 5.91 Å². The molecule has 48 heavy (non-hydrogen) atoms. The van der Waals surface area contributed by atoms with Crippen LogP contribution in [0.4, 0.5) is 0 Å². The molecule has 0 aromatic rings. The third-order valence-corrected chi connectivity index (χ3v) is 10.1. The molecule has 3 atom stereocenters. The number of allylic oxidation sites excluding steroid dienone is 1. The van der Waals surface area contributed by atoms with E-state index in [1.54, 1.807) is 6.08 Å². The molecule has 286 valence electrons. The van der Waals surface area contributed by atoms with Crippen molar-refractivity contribution in [2.24, 2.45) is 0 Å². The summed E-state index contributed by atoms with van der Waals surface area (Å²) in [7, 11) is 0. The number of nitrogens with one attached hydrogen (secondary N) is 1. The molecule has 0 aromatic carbocycles. The highest BCUT2D eigenvalue weighted by Gasteiger charge is 2.20. The van der Waals surface area contributed by atoms with E-state index in [0.717, 1.165) is 25.7 Å². The number of carbonyl (C=O) groups excluding carboxylic acids is 1. The lowest BCUT2D eigenvalue weighted by Crippen LogP contribution is -2.45. The molecule has 0 radical (unpaired) electrons. The van der Waals surface area contributed by atoms with Crippen molar-refractivity contribution in [3.63, 3.8) is 0 Å². The second-order valence-electron chi connectivity index (χ2n) is 15.0. The second-order valence-corrected chi connectivity index (χ2v) is 15.0. The number of hydrogen-bond acceptors (Lipinski definition) is 4. The molecule has 0 aliphatic heterocycles. The van der Waals surface area contributed by atoms with Gasteiger partial charge in [0, 0.05) is 0 Å². The molecule has 0 saturated heterocycles. The van der Waals surface area contributed by atoms with Gasteiger partial charge in [-0.05, 0) is 19.3 Å². The quantitative estimate of drug-likeness (QED) is 0.0384. The summed E-state index contributed by atoms with van der Waals surface area (Å²) in [5.41, 5.74) is 0. The minimum Gasteiger partial charge on any atom is -0.394 e. The Balaban J connectivity index is 3.61. The largest absolute Gasteiger partial charge is 0.394 e. The molecule has 0 fully saturated rings. The summed E-state index contributed by atoms with van der Waals surface area (Å²) >= 11 is 0. The van der Waals surface area contributed by atoms with Crippen molar-refractivity contribution in [3.8, 4) is 0 Å². The van der Waals surface area contributed by atoms with Gasteiger partial charge in [0.1, 0.15) is 0 Å². The Kier molecular flexibility index (Phi) is 38.1. The van der Waals surface area contributed by atoms with Crippen molar-refractivity contribution < 1.29 is 20.1 Å². The van der Waals surface area contributed by atoms with Crippen LogP contribution in [-0.4, -0.2) is 46.1 Å². The molecule has 1 amide bonds. The maximum absolute atomic E-state index is 12.4. The fourth-order valence-electron chi connectivity index (χ4n) is 6.75. The maximum Gasteiger partial charge on any atom is 0.222 e. The SMILES string of the molecule is CCCCCCCCCCCCC/C=C/[C@@H](O)[C@H](CO)NC(=O)C[C@H](O)CCCCCCCCCCCCCCCCCCCCCC. The first-order chi connectivity index (χ1) is 23.5. The van der Waals surface area contributed by atoms with Crippen LogP contribution >= 0.6 is 0 Å². The van der Waals surface area contributed by atoms with Gasteiger partial charge in [0.25, 0.3) is 0 Å². The molecule has 0 spiro atoms. The summed E-state index contributed by atoms with van der Waals surface area (Å²) in [5.74, 6) is -0.312. The van der Waals surface area contributed by atoms with Gasteiger partial charge in [-0.3, -0.25) is 4.79 Å². The highest BCUT2D eigenvalue weighted by atomic mass is 16.3. The lowest BCUT2D eigenvalue weighted by molar-refractivity contribution is -0.124. The first-order valence-electron chi connectivity index (χ1n) is 21.5. The average molecular weight is 680 g/mol. The molecule has 0 aliphatic carbocycles. The zero-order valence-electron chi connectivity index (χ0n) is 32.4. The molecule has 0 rings (SSSR count). The fourth-order valence-corrected chi connectivity index (χ4v) is 6.75. The molecule has 0 aliphatic rings. The zero-order chi connectivity index (χ0) is 35.2. The molecule has 5 nitrogen and oxygen atoms in total. The Hall–Kier alpha value is -0.910. The van der Waals surface area contributed by atoms with Gasteiger partial charge in [0.05, 0.1) is 31.3 Å². The molecule has 0 aromatic heterocycles. The highest BCUT2D eigenvalue weighted by Crippen LogP contribution is 2.16. The van der Waals surface area contributed by atoms with E-state index in [9.17, 15) is 20.1 Å². The first-order valence-corrected chi connectivity index (χ1v) is 21.5. The fraction of sp³-hybridized carbons (Fsp3) is 0.930. The van der Waals surface area contributed by atoms with Gasteiger partial charge < -0.3 is 20.6 Å². The molecule has 0 unspecified atom stereocenters. The molecule has 4 N–H and O–H groups in total. The van der Waals surface area contributed by atoms with Gasteiger partial charge in [0.15, 0.2) is 0 Å². The van der Waals surface area contributed by atoms with E-state index < -0.39 is 18.2 Å². The summed E-state index contributed by atoms with van der Waals surface area (Å²) in [6, 6.07) is -0.738. The summed E-state index contributed by atoms with van der Waals surface area (Å²) in [6.45, 7) is 4.22. The lowest BCUT2D eigenvalue weighted by Gasteiger charge is -2.21. The van der Waals surface area contributed by atoms with Gasteiger partial charge >= 0.3 is 0 Å². The van der Waals surface area contributed by atoms with E-state index in [0.29, 0.717) is 6.42 Å². The van der Waals surface area contributed by atoms with Crippen molar-refractivity contribution in [2.45, 2.75) is 250 Å². The number of unbranched alkanes of at least 4 members (excludes halogenated alkanes) is 30. The Bertz CT molecular complexity index is 669. The molecule has 0 bridgehead atoms. The third kappa shape index (κ3) is 34.9. The van der Waals surface area contributed by atoms with Crippen molar-refractivity contribution >= 4 is 5.91 Å². The van der Waals surface area contributed by atoms with Crippen molar-refractivity contribution in [2.75, 3.05) is 6.61 Å². The molecule has 5 heteroatoms. The molecule has 0 saturated carbocycles. The van der Waals surface area contributed by atoms with E-state index >= 15 is 0 Å². The van der Waals surface area contributed by atoms with Crippen LogP contribution in [0.3, 0.4) is 0 Å². The second kappa shape index (κ2) is 38.9. The Morgan fingerprint density at radius 1 is 0.521 bits per heavy atom. The number of amides is 1. The van der Waals surface area contributed by atoms with E-state index in [1.165, 1.54) is 180 Å². The smallest absolute Gasteiger partial charge is 0.222 e. The topological polar surface area (TPSA) is 89.8 Å². The normalized spacial score (nSPS) is 13.7. The number of hydrogen-bond donors (Lipinski definition) is 4. The van der Waals surface area contributed by atoms with Gasteiger partial charge in [-0.2, -0.15) is 0 Å². The predicted molar refractivity (Wildman–Crippen MR) is 208 cm³/mol. The Morgan fingerprint density at radius 2 is 0.854 bits per heavy atom. The van der Waals surface area contributed by atoms with E-state index in [4.69, 9.17) is 0 Å². The summed E-state index contributed by atoms with van der Waals surface area (Å²) in [5, 5.41) is 33.2. The predicted octanol–water partition coefficient (Wildman–Crippen LogP) is 12.0. The van der Waals surface area contributed by atoms with Gasteiger partial charge in [-0.1, -0.05) is 219 Å². The van der Waals surface area contributed by atoms with Gasteiger partial charge in [-0.15, -0.1) is 0 Å². The van der Waals surface area contributed by atoms with E-state index in [1.807, 2.05) is 6.08 Å². The number of aliphatic hydroxyl groups excluding tert-OH is 3. The number of carbonyl (C=O) groups is 1. The van der Waals surface area contributed by atoms with Crippen molar-refractivity contribution in [3.05, 3.63) is 12.2 Å². The highest BCUT2D eigenvalue weighted by molar-refractivity contribution is 5.76. The van der Waals surface area contributed by atoms with Crippen LogP contribution in [-0.2, 0) is 4.79 Å². The summed E-state index contributed by atoms with van der Waals surface area (Å²) < 4.78 is 0. The third-order valence-electron chi connectivity index (χ3n) is 10.1. The van der Waals surface area contributed by atoms with Gasteiger partial charge in [-0.25, -0.2) is 0 Å². The van der Waals surface area contributed by atoms with Crippen molar-refractivity contribution in [1.29, 1.82) is 0 Å². The monoisotopic (exact) mass is 680 g/mol. The number of rotatable bonds is 39. The van der Waals surface area contributed by atoms with Crippen molar-refractivity contribution in [1.82, 2.24) is 5.32 Å². The average Bonchev–Trinajstić information content (AvgIpc) is 3.08. The van der Waals surface area contributed by atoms with E-state index in [-0.39, 0.29) is 18.9 Å². The molecular formula is C43H85NO4. The van der Waals surface area contributed by atoms with Crippen LogP contribution < -0.4 is 5.32 Å². The van der Waals surface area contributed by atoms with Crippen LogP contribution in [0, 0.1) is 0 Å². The Labute approximate surface area is 299 Å². The Morgan fingerprint density at radius 3 is 1.21 bits per heavy atom. The maximum atomic E-state index is 12.4. The molecule has 0 heterocycles. The van der Waals surface area contributed by atoms with Crippen LogP contribution in [0.15, 0.2) is 12.2 Å². The summed E-state index contributed by atoms with van der Waals surface area (Å²) in [6.07, 6.45) is 44.9. The lowest BCUT2D eigenvalue weighted by atomic mass is 10.0. The standard InChI is InChI=1S/C43H85NO4/c1-3-5-7-9-11-13-15-17-18-19-20-21-22-23-25-26-28-30-32-34-36-40(46)38-43(48)44-41(39-45)42(47)37-35-33-31-29-27-24-16-14-12-10-8-6-4-2/h35,37,40-42,45-47H,3-34,36,38-39H2,1-2H3,(H,44,48)/b37-35+/t40-,41+,42-/m1/s1. The minimum absolute atomic E-state index is 0.0187. The zero-order valence-corrected chi connectivity index (χ0v) is 32.4. The van der Waals surface area contributed by atoms with Crippen LogP contribution in [0.2, 0.25) is 0 Å². The van der Waals surface area contributed by atoms with Crippen LogP contribution in [0.5, 0.6) is 0 Å². The van der Waals surface area contributed by atoms with Crippen LogP contribution in [0.1, 0.15) is 232 Å². The minimum atomic E-state index is -0.923. The van der Waals surface area contributed by atoms with E-state index in [2.05, 4.69) is 19.2 Å². The van der Waals surface area contributed by atoms with Crippen LogP contribution in [0.25, 0.3) is 0 Å². The molecular weight excluding hydrogens is 594 g/mol. The summed E-state index contributed by atoms with van der Waals surface area (Å²) in [4.78, 5) is 12.4. The number of aliphatic hydroxyl groups is 3.